The van der Waals surface area contributed by atoms with Crippen LogP contribution in [0.1, 0.15) is 23.1 Å². The average Bonchev–Trinajstić information content (AvgIpc) is 2.14. The number of hydrogen-bond acceptors (Lipinski definition) is 3. The number of benzene rings is 1. The highest BCUT2D eigenvalue weighted by atomic mass is 35.7. The molecule has 0 fully saturated rings. The molecule has 0 aliphatic heterocycles. The molecule has 1 aromatic carbocycles. The first-order chi connectivity index (χ1) is 7.29. The molecule has 0 amide bonds. The molecule has 0 saturated carbocycles. The molecule has 0 N–H and O–H groups in total. The Morgan fingerprint density at radius 3 is 2.38 bits per heavy atom. The van der Waals surface area contributed by atoms with E-state index >= 15 is 0 Å². The zero-order chi connectivity index (χ0) is 12.5. The lowest BCUT2D eigenvalue weighted by molar-refractivity contribution is 0.150. The van der Waals surface area contributed by atoms with Crippen LogP contribution in [0, 0.1) is 18.3 Å². The van der Waals surface area contributed by atoms with Gasteiger partial charge in [0.1, 0.15) is 0 Å². The van der Waals surface area contributed by atoms with Gasteiger partial charge in [-0.15, -0.1) is 0 Å². The summed E-state index contributed by atoms with van der Waals surface area (Å²) >= 11 is 0. The van der Waals surface area contributed by atoms with Crippen LogP contribution in [0.15, 0.2) is 17.0 Å². The van der Waals surface area contributed by atoms with Crippen molar-refractivity contribution in [3.05, 3.63) is 28.8 Å². The second-order valence-electron chi connectivity index (χ2n) is 3.00. The lowest BCUT2D eigenvalue weighted by Crippen LogP contribution is -2.02. The van der Waals surface area contributed by atoms with Gasteiger partial charge < -0.3 is 0 Å². The first kappa shape index (κ1) is 12.9. The Morgan fingerprint density at radius 2 is 2.00 bits per heavy atom. The lowest BCUT2D eigenvalue weighted by Gasteiger charge is -2.10. The third-order valence-corrected chi connectivity index (χ3v) is 3.53. The summed E-state index contributed by atoms with van der Waals surface area (Å²) in [6, 6.07) is 3.64. The van der Waals surface area contributed by atoms with E-state index in [1.807, 2.05) is 0 Å². The summed E-state index contributed by atoms with van der Waals surface area (Å²) in [5, 5.41) is 8.62. The summed E-state index contributed by atoms with van der Waals surface area (Å²) < 4.78 is 47.4. The second kappa shape index (κ2) is 4.36. The Labute approximate surface area is 95.7 Å². The van der Waals surface area contributed by atoms with Gasteiger partial charge in [0, 0.05) is 16.2 Å². The molecule has 0 aromatic heterocycles. The quantitative estimate of drug-likeness (QED) is 0.773. The van der Waals surface area contributed by atoms with E-state index in [0.717, 1.165) is 12.1 Å². The van der Waals surface area contributed by atoms with E-state index in [4.69, 9.17) is 15.9 Å². The van der Waals surface area contributed by atoms with Crippen molar-refractivity contribution in [3.8, 4) is 6.07 Å². The van der Waals surface area contributed by atoms with Crippen molar-refractivity contribution in [1.82, 2.24) is 0 Å². The fraction of sp³-hybridized carbons (Fsp3) is 0.222. The summed E-state index contributed by atoms with van der Waals surface area (Å²) in [4.78, 5) is -0.400. The Balaban J connectivity index is 3.65. The van der Waals surface area contributed by atoms with Gasteiger partial charge >= 0.3 is 0 Å². The Morgan fingerprint density at radius 1 is 1.44 bits per heavy atom. The van der Waals surface area contributed by atoms with Gasteiger partial charge in [0.15, 0.2) is 0 Å². The number of alkyl halides is 2. The number of halogens is 3. The molecule has 0 aliphatic rings. The maximum Gasteiger partial charge on any atom is 0.265 e. The summed E-state index contributed by atoms with van der Waals surface area (Å²) in [6.45, 7) is 1.19. The molecule has 1 rings (SSSR count). The minimum atomic E-state index is -4.09. The minimum Gasteiger partial charge on any atom is -0.207 e. The van der Waals surface area contributed by atoms with Gasteiger partial charge in [0.2, 0.25) is 0 Å². The summed E-state index contributed by atoms with van der Waals surface area (Å²) in [5.41, 5.74) is -1.04. The Bertz CT molecular complexity index is 564. The molecule has 0 unspecified atom stereocenters. The molecular formula is C9H6ClF2NO2S. The van der Waals surface area contributed by atoms with Crippen molar-refractivity contribution in [2.24, 2.45) is 0 Å². The number of nitriles is 1. The van der Waals surface area contributed by atoms with Crippen molar-refractivity contribution in [3.63, 3.8) is 0 Å². The fourth-order valence-electron chi connectivity index (χ4n) is 1.35. The minimum absolute atomic E-state index is 0.191. The highest BCUT2D eigenvalue weighted by Gasteiger charge is 2.23. The maximum absolute atomic E-state index is 12.7. The van der Waals surface area contributed by atoms with Gasteiger partial charge in [-0.1, -0.05) is 0 Å². The van der Waals surface area contributed by atoms with Gasteiger partial charge in [-0.25, -0.2) is 17.2 Å². The summed E-state index contributed by atoms with van der Waals surface area (Å²) in [7, 11) is 0.995. The van der Waals surface area contributed by atoms with Gasteiger partial charge in [0.25, 0.3) is 15.5 Å². The molecule has 16 heavy (non-hydrogen) atoms. The third-order valence-electron chi connectivity index (χ3n) is 2.07. The molecule has 0 spiro atoms. The Hall–Kier alpha value is -1.19. The average molecular weight is 266 g/mol. The molecule has 0 heterocycles. The van der Waals surface area contributed by atoms with Gasteiger partial charge in [0.05, 0.1) is 16.5 Å². The molecule has 7 heteroatoms. The van der Waals surface area contributed by atoms with Crippen LogP contribution in [0.5, 0.6) is 0 Å². The summed E-state index contributed by atoms with van der Waals surface area (Å²) in [5.74, 6) is 0. The van der Waals surface area contributed by atoms with E-state index in [9.17, 15) is 17.2 Å². The van der Waals surface area contributed by atoms with E-state index < -0.39 is 25.9 Å². The van der Waals surface area contributed by atoms with Crippen molar-refractivity contribution >= 4 is 19.7 Å². The number of hydrogen-bond donors (Lipinski definition) is 0. The zero-order valence-corrected chi connectivity index (χ0v) is 9.61. The zero-order valence-electron chi connectivity index (χ0n) is 8.04. The largest absolute Gasteiger partial charge is 0.265 e. The van der Waals surface area contributed by atoms with E-state index in [1.54, 1.807) is 6.07 Å². The molecule has 0 atom stereocenters. The Kier molecular flexibility index (Phi) is 3.51. The normalized spacial score (nSPS) is 11.5. The van der Waals surface area contributed by atoms with Crippen molar-refractivity contribution in [2.45, 2.75) is 18.2 Å². The first-order valence-electron chi connectivity index (χ1n) is 4.05. The highest BCUT2D eigenvalue weighted by Crippen LogP contribution is 2.31. The van der Waals surface area contributed by atoms with Gasteiger partial charge in [-0.2, -0.15) is 5.26 Å². The van der Waals surface area contributed by atoms with E-state index in [1.165, 1.54) is 6.92 Å². The van der Waals surface area contributed by atoms with Gasteiger partial charge in [-0.05, 0) is 24.6 Å². The predicted molar refractivity (Wildman–Crippen MR) is 53.9 cm³/mol. The highest BCUT2D eigenvalue weighted by molar-refractivity contribution is 8.13. The first-order valence-corrected chi connectivity index (χ1v) is 6.36. The van der Waals surface area contributed by atoms with E-state index in [-0.39, 0.29) is 11.1 Å². The number of rotatable bonds is 2. The second-order valence-corrected chi connectivity index (χ2v) is 5.53. The smallest absolute Gasteiger partial charge is 0.207 e. The topological polar surface area (TPSA) is 57.9 Å². The molecular weight excluding hydrogens is 260 g/mol. The van der Waals surface area contributed by atoms with Crippen LogP contribution in [0.3, 0.4) is 0 Å². The molecule has 0 aliphatic carbocycles. The predicted octanol–water partition coefficient (Wildman–Crippen LogP) is 2.73. The lowest BCUT2D eigenvalue weighted by atomic mass is 10.0. The molecule has 1 aromatic rings. The van der Waals surface area contributed by atoms with Crippen LogP contribution in [-0.4, -0.2) is 8.42 Å². The molecule has 0 bridgehead atoms. The summed E-state index contributed by atoms with van der Waals surface area (Å²) in [6.07, 6.45) is -2.92. The van der Waals surface area contributed by atoms with Crippen molar-refractivity contribution in [1.29, 1.82) is 5.26 Å². The molecule has 0 radical (unpaired) electrons. The van der Waals surface area contributed by atoms with Crippen LogP contribution in [0.25, 0.3) is 0 Å². The van der Waals surface area contributed by atoms with Crippen LogP contribution in [0.2, 0.25) is 0 Å². The molecule has 0 saturated heterocycles. The maximum atomic E-state index is 12.7. The number of nitrogens with zero attached hydrogens (tertiary/aromatic N) is 1. The van der Waals surface area contributed by atoms with Crippen LogP contribution in [-0.2, 0) is 9.05 Å². The standard InChI is InChI=1S/C9H6ClF2NO2S/c1-5-7(16(10,14)15)3-2-6(4-13)8(5)9(11)12/h2-3,9H,1H3. The molecule has 86 valence electrons. The van der Waals surface area contributed by atoms with Crippen LogP contribution < -0.4 is 0 Å². The van der Waals surface area contributed by atoms with Crippen molar-refractivity contribution < 1.29 is 17.2 Å². The third kappa shape index (κ3) is 2.31. The molecule has 3 nitrogen and oxygen atoms in total. The van der Waals surface area contributed by atoms with E-state index in [2.05, 4.69) is 0 Å². The van der Waals surface area contributed by atoms with Crippen molar-refractivity contribution in [2.75, 3.05) is 0 Å². The SMILES string of the molecule is Cc1c(S(=O)(=O)Cl)ccc(C#N)c1C(F)F. The van der Waals surface area contributed by atoms with Crippen LogP contribution >= 0.6 is 10.7 Å². The monoisotopic (exact) mass is 265 g/mol. The fourth-order valence-corrected chi connectivity index (χ4v) is 2.56. The van der Waals surface area contributed by atoms with Gasteiger partial charge in [-0.3, -0.25) is 0 Å². The van der Waals surface area contributed by atoms with E-state index in [0.29, 0.717) is 0 Å². The van der Waals surface area contributed by atoms with Crippen LogP contribution in [0.4, 0.5) is 8.78 Å².